The van der Waals surface area contributed by atoms with Crippen molar-refractivity contribution in [3.63, 3.8) is 0 Å². The molecule has 2 aromatic heterocycles. The van der Waals surface area contributed by atoms with E-state index in [0.29, 0.717) is 55.6 Å². The number of methoxy groups -OCH3 is 2. The Labute approximate surface area is 193 Å². The maximum absolute atomic E-state index is 5.67. The summed E-state index contributed by atoms with van der Waals surface area (Å²) in [4.78, 5) is 18.0. The van der Waals surface area contributed by atoms with E-state index in [0.717, 1.165) is 35.4 Å². The summed E-state index contributed by atoms with van der Waals surface area (Å²) in [5.74, 6) is 3.33. The number of nitrogens with one attached hydrogen (secondary N) is 1. The highest BCUT2D eigenvalue weighted by atomic mass is 16.5. The van der Waals surface area contributed by atoms with E-state index < -0.39 is 0 Å². The Morgan fingerprint density at radius 3 is 2.52 bits per heavy atom. The Morgan fingerprint density at radius 2 is 1.82 bits per heavy atom. The molecule has 1 saturated carbocycles. The lowest BCUT2D eigenvalue weighted by Gasteiger charge is -2.14. The van der Waals surface area contributed by atoms with Gasteiger partial charge in [-0.25, -0.2) is 19.9 Å². The largest absolute Gasteiger partial charge is 0.491 e. The lowest BCUT2D eigenvalue weighted by molar-refractivity contribution is 0.110. The zero-order valence-electron chi connectivity index (χ0n) is 19.2. The van der Waals surface area contributed by atoms with Crippen molar-refractivity contribution in [1.29, 1.82) is 0 Å². The first kappa shape index (κ1) is 22.7. The molecule has 0 spiro atoms. The fourth-order valence-corrected chi connectivity index (χ4v) is 3.43. The van der Waals surface area contributed by atoms with Crippen molar-refractivity contribution < 1.29 is 18.9 Å². The van der Waals surface area contributed by atoms with Gasteiger partial charge in [-0.3, -0.25) is 0 Å². The molecule has 1 N–H and O–H groups in total. The Morgan fingerprint density at radius 1 is 1.00 bits per heavy atom. The molecule has 2 heterocycles. The van der Waals surface area contributed by atoms with Gasteiger partial charge >= 0.3 is 0 Å². The minimum Gasteiger partial charge on any atom is -0.491 e. The van der Waals surface area contributed by atoms with Crippen LogP contribution in [0.4, 0.5) is 5.82 Å². The Bertz CT molecular complexity index is 1060. The van der Waals surface area contributed by atoms with E-state index in [1.165, 1.54) is 6.33 Å². The highest BCUT2D eigenvalue weighted by Gasteiger charge is 2.31. The van der Waals surface area contributed by atoms with Crippen molar-refractivity contribution in [2.45, 2.75) is 32.2 Å². The second-order valence-corrected chi connectivity index (χ2v) is 7.57. The zero-order valence-corrected chi connectivity index (χ0v) is 19.2. The molecule has 0 atom stereocenters. The molecule has 0 saturated heterocycles. The fraction of sp³-hybridized carbons (Fsp3) is 0.417. The number of ether oxygens (including phenoxy) is 4. The highest BCUT2D eigenvalue weighted by Crippen LogP contribution is 2.45. The van der Waals surface area contributed by atoms with Crippen molar-refractivity contribution in [1.82, 2.24) is 19.9 Å². The number of nitrogens with zero attached hydrogens (tertiary/aromatic N) is 4. The van der Waals surface area contributed by atoms with E-state index in [4.69, 9.17) is 23.9 Å². The van der Waals surface area contributed by atoms with Gasteiger partial charge < -0.3 is 24.3 Å². The molecule has 0 unspecified atom stereocenters. The van der Waals surface area contributed by atoms with Crippen LogP contribution in [0.25, 0.3) is 11.4 Å². The van der Waals surface area contributed by atoms with Crippen LogP contribution in [-0.2, 0) is 11.3 Å². The number of aromatic nitrogens is 4. The molecule has 9 nitrogen and oxygen atoms in total. The van der Waals surface area contributed by atoms with Crippen LogP contribution >= 0.6 is 0 Å². The SMILES string of the molecule is CCOCCOc1ccc(CNc2nc(-c3c(OC)ncnc3C3CC3)ncc2OC)cc1. The first-order valence-corrected chi connectivity index (χ1v) is 11.1. The summed E-state index contributed by atoms with van der Waals surface area (Å²) in [5.41, 5.74) is 2.74. The van der Waals surface area contributed by atoms with Crippen LogP contribution < -0.4 is 19.5 Å². The molecular formula is C24H29N5O4. The van der Waals surface area contributed by atoms with Crippen LogP contribution in [0.15, 0.2) is 36.8 Å². The lowest BCUT2D eigenvalue weighted by atomic mass is 10.1. The smallest absolute Gasteiger partial charge is 0.227 e. The zero-order chi connectivity index (χ0) is 23.0. The van der Waals surface area contributed by atoms with Crippen LogP contribution in [0.1, 0.15) is 36.9 Å². The molecule has 1 aliphatic rings. The number of benzene rings is 1. The van der Waals surface area contributed by atoms with E-state index >= 15 is 0 Å². The quantitative estimate of drug-likeness (QED) is 0.411. The van der Waals surface area contributed by atoms with Crippen LogP contribution in [0.3, 0.4) is 0 Å². The minimum absolute atomic E-state index is 0.397. The molecule has 1 fully saturated rings. The van der Waals surface area contributed by atoms with E-state index in [1.54, 1.807) is 20.4 Å². The summed E-state index contributed by atoms with van der Waals surface area (Å²) in [5, 5.41) is 3.35. The van der Waals surface area contributed by atoms with E-state index in [1.807, 2.05) is 31.2 Å². The number of hydrogen-bond acceptors (Lipinski definition) is 9. The van der Waals surface area contributed by atoms with E-state index in [2.05, 4.69) is 20.3 Å². The minimum atomic E-state index is 0.397. The third kappa shape index (κ3) is 5.67. The van der Waals surface area contributed by atoms with Crippen LogP contribution in [0.2, 0.25) is 0 Å². The van der Waals surface area contributed by atoms with Gasteiger partial charge in [0.05, 0.1) is 32.7 Å². The molecular weight excluding hydrogens is 422 g/mol. The molecule has 4 rings (SSSR count). The van der Waals surface area contributed by atoms with Gasteiger partial charge in [-0.2, -0.15) is 0 Å². The van der Waals surface area contributed by atoms with Gasteiger partial charge in [-0.05, 0) is 37.5 Å². The van der Waals surface area contributed by atoms with E-state index in [-0.39, 0.29) is 0 Å². The molecule has 174 valence electrons. The summed E-state index contributed by atoms with van der Waals surface area (Å²) in [6.07, 6.45) is 5.38. The summed E-state index contributed by atoms with van der Waals surface area (Å²) in [7, 11) is 3.19. The van der Waals surface area contributed by atoms with Gasteiger partial charge in [0.2, 0.25) is 5.88 Å². The third-order valence-electron chi connectivity index (χ3n) is 5.28. The van der Waals surface area contributed by atoms with E-state index in [9.17, 15) is 0 Å². The van der Waals surface area contributed by atoms with Crippen molar-refractivity contribution in [3.05, 3.63) is 48.0 Å². The van der Waals surface area contributed by atoms with Crippen molar-refractivity contribution in [2.24, 2.45) is 0 Å². The average Bonchev–Trinajstić information content (AvgIpc) is 3.71. The molecule has 0 aliphatic heterocycles. The molecule has 0 radical (unpaired) electrons. The average molecular weight is 452 g/mol. The van der Waals surface area contributed by atoms with Gasteiger partial charge in [-0.1, -0.05) is 12.1 Å². The van der Waals surface area contributed by atoms with Crippen LogP contribution in [-0.4, -0.2) is 54.0 Å². The number of hydrogen-bond donors (Lipinski definition) is 1. The topological polar surface area (TPSA) is 101 Å². The predicted molar refractivity (Wildman–Crippen MR) is 124 cm³/mol. The van der Waals surface area contributed by atoms with Crippen molar-refractivity contribution in [3.8, 4) is 28.8 Å². The first-order chi connectivity index (χ1) is 16.2. The van der Waals surface area contributed by atoms with Crippen molar-refractivity contribution in [2.75, 3.05) is 39.4 Å². The molecule has 9 heteroatoms. The van der Waals surface area contributed by atoms with Gasteiger partial charge in [0.1, 0.15) is 24.2 Å². The van der Waals surface area contributed by atoms with Gasteiger partial charge in [-0.15, -0.1) is 0 Å². The molecule has 1 aliphatic carbocycles. The maximum atomic E-state index is 5.67. The third-order valence-corrected chi connectivity index (χ3v) is 5.28. The van der Waals surface area contributed by atoms with Gasteiger partial charge in [0.15, 0.2) is 17.4 Å². The van der Waals surface area contributed by atoms with Gasteiger partial charge in [0, 0.05) is 19.1 Å². The second-order valence-electron chi connectivity index (χ2n) is 7.57. The van der Waals surface area contributed by atoms with Gasteiger partial charge in [0.25, 0.3) is 0 Å². The maximum Gasteiger partial charge on any atom is 0.227 e. The Hall–Kier alpha value is -3.46. The molecule has 0 amide bonds. The summed E-state index contributed by atoms with van der Waals surface area (Å²) < 4.78 is 21.9. The first-order valence-electron chi connectivity index (χ1n) is 11.1. The Kier molecular flexibility index (Phi) is 7.51. The predicted octanol–water partition coefficient (Wildman–Crippen LogP) is 3.86. The number of rotatable bonds is 12. The standard InChI is InChI=1S/C24H29N5O4/c1-4-32-11-12-33-18-9-5-16(6-10-18)13-25-22-19(30-2)14-26-23(29-22)20-21(17-7-8-17)27-15-28-24(20)31-3/h5-6,9-10,14-15,17H,4,7-8,11-13H2,1-3H3,(H,25,26,29). The van der Waals surface area contributed by atoms with Crippen molar-refractivity contribution >= 4 is 5.82 Å². The highest BCUT2D eigenvalue weighted by molar-refractivity contribution is 5.68. The fourth-order valence-electron chi connectivity index (χ4n) is 3.43. The van der Waals surface area contributed by atoms with Crippen LogP contribution in [0, 0.1) is 0 Å². The normalized spacial score (nSPS) is 12.9. The number of anilines is 1. The monoisotopic (exact) mass is 451 g/mol. The Balaban J connectivity index is 1.50. The molecule has 1 aromatic carbocycles. The molecule has 3 aromatic rings. The summed E-state index contributed by atoms with van der Waals surface area (Å²) in [6.45, 7) is 4.32. The lowest BCUT2D eigenvalue weighted by Crippen LogP contribution is -2.08. The molecule has 33 heavy (non-hydrogen) atoms. The summed E-state index contributed by atoms with van der Waals surface area (Å²) >= 11 is 0. The van der Waals surface area contributed by atoms with Crippen LogP contribution in [0.5, 0.6) is 17.4 Å². The second kappa shape index (κ2) is 10.9. The molecule has 0 bridgehead atoms. The summed E-state index contributed by atoms with van der Waals surface area (Å²) in [6, 6.07) is 7.91.